The Hall–Kier alpha value is -1.35. The van der Waals surface area contributed by atoms with Crippen molar-refractivity contribution in [2.24, 2.45) is 0 Å². The largest absolute Gasteiger partial charge is 0.481 e. The summed E-state index contributed by atoms with van der Waals surface area (Å²) in [6.07, 6.45) is 12.8. The van der Waals surface area contributed by atoms with E-state index in [1.54, 1.807) is 0 Å². The highest BCUT2D eigenvalue weighted by molar-refractivity contribution is 5.66. The number of aliphatic carboxylic acids is 1. The van der Waals surface area contributed by atoms with Gasteiger partial charge in [-0.15, -0.1) is 0 Å². The molecule has 0 aliphatic heterocycles. The average molecular weight is 368 g/mol. The van der Waals surface area contributed by atoms with Gasteiger partial charge in [0.25, 0.3) is 0 Å². The van der Waals surface area contributed by atoms with Crippen LogP contribution in [0.4, 0.5) is 0 Å². The third-order valence-corrected chi connectivity index (χ3v) is 4.79. The van der Waals surface area contributed by atoms with E-state index in [1.807, 2.05) is 0 Å². The third-order valence-electron chi connectivity index (χ3n) is 4.79. The molecule has 0 bridgehead atoms. The highest BCUT2D eigenvalue weighted by Gasteiger charge is 2.14. The molecule has 1 aromatic carbocycles. The standard InChI is InChI=1S/C23H39NO2/c1-24(2,21-22-17-13-12-14-18-22)20-16-11-9-7-5-3-4-6-8-10-15-19-23(25)26/h12-14,17-18H,3-11,15-16,19-21H2,1-2H3/p+1/i12D,13D,14D,17D,18D. The van der Waals surface area contributed by atoms with E-state index >= 15 is 0 Å². The first-order valence-electron chi connectivity index (χ1n) is 12.7. The smallest absolute Gasteiger partial charge is 0.303 e. The highest BCUT2D eigenvalue weighted by atomic mass is 16.4. The van der Waals surface area contributed by atoms with E-state index < -0.39 is 5.97 Å². The fourth-order valence-corrected chi connectivity index (χ4v) is 3.27. The Morgan fingerprint density at radius 3 is 1.81 bits per heavy atom. The van der Waals surface area contributed by atoms with Crippen molar-refractivity contribution in [3.63, 3.8) is 0 Å². The lowest BCUT2D eigenvalue weighted by atomic mass is 10.0. The maximum atomic E-state index is 10.4. The Morgan fingerprint density at radius 2 is 1.31 bits per heavy atom. The number of unbranched alkanes of at least 4 members (excludes halogenated alkanes) is 10. The minimum absolute atomic E-state index is 0.0842. The lowest BCUT2D eigenvalue weighted by Crippen LogP contribution is -2.39. The number of carboxylic acid groups (broad SMARTS) is 1. The number of carboxylic acids is 1. The van der Waals surface area contributed by atoms with Crippen molar-refractivity contribution in [3.8, 4) is 0 Å². The van der Waals surface area contributed by atoms with Crippen LogP contribution in [0, 0.1) is 0 Å². The summed E-state index contributed by atoms with van der Waals surface area (Å²) >= 11 is 0. The summed E-state index contributed by atoms with van der Waals surface area (Å²) in [6.45, 7) is 1.35. The van der Waals surface area contributed by atoms with E-state index in [2.05, 4.69) is 14.1 Å². The molecule has 3 nitrogen and oxygen atoms in total. The van der Waals surface area contributed by atoms with Crippen molar-refractivity contribution >= 4 is 5.97 Å². The van der Waals surface area contributed by atoms with E-state index in [1.165, 1.54) is 38.5 Å². The van der Waals surface area contributed by atoms with Gasteiger partial charge in [-0.05, 0) is 19.3 Å². The topological polar surface area (TPSA) is 37.3 Å². The second-order valence-corrected chi connectivity index (χ2v) is 7.95. The summed E-state index contributed by atoms with van der Waals surface area (Å²) in [6, 6.07) is -1.01. The van der Waals surface area contributed by atoms with Crippen molar-refractivity contribution in [3.05, 3.63) is 35.8 Å². The van der Waals surface area contributed by atoms with E-state index in [9.17, 15) is 4.79 Å². The molecule has 0 saturated carbocycles. The van der Waals surface area contributed by atoms with Gasteiger partial charge in [-0.2, -0.15) is 0 Å². The zero-order valence-electron chi connectivity index (χ0n) is 21.7. The molecule has 0 unspecified atom stereocenters. The van der Waals surface area contributed by atoms with Crippen LogP contribution in [-0.4, -0.2) is 36.2 Å². The molecule has 1 rings (SSSR count). The van der Waals surface area contributed by atoms with Gasteiger partial charge in [0, 0.05) is 12.0 Å². The van der Waals surface area contributed by atoms with Crippen molar-refractivity contribution in [2.45, 2.75) is 83.6 Å². The zero-order valence-corrected chi connectivity index (χ0v) is 16.7. The molecule has 0 aliphatic carbocycles. The van der Waals surface area contributed by atoms with Gasteiger partial charge in [0.15, 0.2) is 0 Å². The van der Waals surface area contributed by atoms with Gasteiger partial charge in [-0.1, -0.05) is 81.6 Å². The molecule has 0 saturated heterocycles. The van der Waals surface area contributed by atoms with E-state index in [0.29, 0.717) is 16.6 Å². The molecule has 0 aliphatic rings. The number of hydrogen-bond acceptors (Lipinski definition) is 1. The maximum Gasteiger partial charge on any atom is 0.303 e. The maximum absolute atomic E-state index is 10.4. The van der Waals surface area contributed by atoms with Gasteiger partial charge in [0.2, 0.25) is 0 Å². The molecule has 0 spiro atoms. The first kappa shape index (κ1) is 15.7. The molecule has 148 valence electrons. The van der Waals surface area contributed by atoms with Gasteiger partial charge in [-0.25, -0.2) is 0 Å². The van der Waals surface area contributed by atoms with E-state index in [-0.39, 0.29) is 36.6 Å². The Kier molecular flexibility index (Phi) is 8.32. The Bertz CT molecular complexity index is 681. The minimum atomic E-state index is -0.698. The van der Waals surface area contributed by atoms with Gasteiger partial charge < -0.3 is 9.59 Å². The first-order valence-corrected chi connectivity index (χ1v) is 10.2. The van der Waals surface area contributed by atoms with Crippen LogP contribution in [0.2, 0.25) is 0 Å². The molecule has 0 atom stereocenters. The zero-order chi connectivity index (χ0) is 23.4. The first-order chi connectivity index (χ1) is 14.6. The Labute approximate surface area is 168 Å². The molecule has 1 N–H and O–H groups in total. The minimum Gasteiger partial charge on any atom is -0.481 e. The fraction of sp³-hybridized carbons (Fsp3) is 0.696. The third kappa shape index (κ3) is 12.9. The van der Waals surface area contributed by atoms with Crippen LogP contribution in [0.5, 0.6) is 0 Å². The fourth-order valence-electron chi connectivity index (χ4n) is 3.27. The van der Waals surface area contributed by atoms with Crippen LogP contribution in [0.15, 0.2) is 30.2 Å². The van der Waals surface area contributed by atoms with Gasteiger partial charge in [-0.3, -0.25) is 4.79 Å². The lowest BCUT2D eigenvalue weighted by molar-refractivity contribution is -0.903. The number of nitrogens with zero attached hydrogens (tertiary/aromatic N) is 1. The molecule has 0 radical (unpaired) electrons. The van der Waals surface area contributed by atoms with Crippen LogP contribution in [0.3, 0.4) is 0 Å². The molecule has 0 heterocycles. The normalized spacial score (nSPS) is 14.3. The van der Waals surface area contributed by atoms with E-state index in [0.717, 1.165) is 38.6 Å². The predicted molar refractivity (Wildman–Crippen MR) is 110 cm³/mol. The van der Waals surface area contributed by atoms with Gasteiger partial charge in [0.1, 0.15) is 6.54 Å². The van der Waals surface area contributed by atoms with Crippen LogP contribution < -0.4 is 0 Å². The summed E-state index contributed by atoms with van der Waals surface area (Å²) in [5.74, 6) is -0.698. The number of carbonyl (C=O) groups is 1. The van der Waals surface area contributed by atoms with Crippen molar-refractivity contribution < 1.29 is 21.2 Å². The molecular formula is C23H40NO2+. The lowest BCUT2D eigenvalue weighted by Gasteiger charge is -2.30. The summed E-state index contributed by atoms with van der Waals surface area (Å²) in [4.78, 5) is 10.4. The average Bonchev–Trinajstić information content (AvgIpc) is 2.71. The molecular weight excluding hydrogens is 322 g/mol. The number of hydrogen-bond donors (Lipinski definition) is 1. The van der Waals surface area contributed by atoms with Crippen molar-refractivity contribution in [1.82, 2.24) is 0 Å². The van der Waals surface area contributed by atoms with Crippen LogP contribution in [0.1, 0.15) is 89.5 Å². The Morgan fingerprint density at radius 1 is 0.846 bits per heavy atom. The van der Waals surface area contributed by atoms with Gasteiger partial charge in [0.05, 0.1) is 27.5 Å². The second kappa shape index (κ2) is 13.8. The van der Waals surface area contributed by atoms with Crippen LogP contribution in [-0.2, 0) is 11.3 Å². The molecule has 26 heavy (non-hydrogen) atoms. The summed E-state index contributed by atoms with van der Waals surface area (Å²) in [5, 5.41) is 8.60. The molecule has 0 fully saturated rings. The SMILES string of the molecule is [2H]c1c([2H])c([2H])c(C[N+](C)(C)CCCCCCCCCCCCCC(=O)O)c([2H])c1[2H]. The monoisotopic (exact) mass is 367 g/mol. The summed E-state index contributed by atoms with van der Waals surface area (Å²) < 4.78 is 40.2. The van der Waals surface area contributed by atoms with Crippen molar-refractivity contribution in [1.29, 1.82) is 0 Å². The van der Waals surface area contributed by atoms with Crippen LogP contribution >= 0.6 is 0 Å². The predicted octanol–water partition coefficient (Wildman–Crippen LogP) is 6.03. The molecule has 3 heteroatoms. The van der Waals surface area contributed by atoms with Crippen molar-refractivity contribution in [2.75, 3.05) is 20.6 Å². The second-order valence-electron chi connectivity index (χ2n) is 7.95. The van der Waals surface area contributed by atoms with E-state index in [4.69, 9.17) is 12.0 Å². The number of rotatable bonds is 16. The highest BCUT2D eigenvalue weighted by Crippen LogP contribution is 2.14. The molecule has 0 amide bonds. The number of quaternary nitrogens is 1. The quantitative estimate of drug-likeness (QED) is 0.286. The van der Waals surface area contributed by atoms with Gasteiger partial charge >= 0.3 is 5.97 Å². The van der Waals surface area contributed by atoms with Crippen LogP contribution in [0.25, 0.3) is 0 Å². The Balaban J connectivity index is 2.19. The summed E-state index contributed by atoms with van der Waals surface area (Å²) in [7, 11) is 4.11. The molecule has 1 aromatic rings. The summed E-state index contributed by atoms with van der Waals surface area (Å²) in [5.41, 5.74) is 0.402. The number of benzene rings is 1. The molecule has 0 aromatic heterocycles.